The van der Waals surface area contributed by atoms with Gasteiger partial charge >= 0.3 is 0 Å². The molecule has 4 heteroatoms. The normalized spacial score (nSPS) is 8.62. The van der Waals surface area contributed by atoms with Gasteiger partial charge in [-0.2, -0.15) is 0 Å². The number of phenolic OH excluding ortho intramolecular Hbond substituents is 2. The maximum absolute atomic E-state index is 10.3. The van der Waals surface area contributed by atoms with Crippen molar-refractivity contribution in [1.29, 1.82) is 0 Å². The predicted octanol–water partition coefficient (Wildman–Crippen LogP) is -0.0654. The minimum atomic E-state index is -0.771. The molecule has 13 heavy (non-hydrogen) atoms. The average Bonchev–Trinajstić information content (AvgIpc) is 2.02. The van der Waals surface area contributed by atoms with E-state index in [1.165, 1.54) is 12.1 Å². The molecule has 0 fully saturated rings. The number of carbonyl (C=O) groups is 1. The molecule has 0 saturated heterocycles. The predicted molar refractivity (Wildman–Crippen MR) is 45.8 cm³/mol. The van der Waals surface area contributed by atoms with Gasteiger partial charge in [-0.25, -0.2) is 0 Å². The van der Waals surface area contributed by atoms with Crippen molar-refractivity contribution in [3.8, 4) is 23.3 Å². The monoisotopic (exact) mass is 177 g/mol. The van der Waals surface area contributed by atoms with E-state index < -0.39 is 5.91 Å². The van der Waals surface area contributed by atoms with Crippen LogP contribution in [-0.4, -0.2) is 16.1 Å². The number of benzene rings is 1. The van der Waals surface area contributed by atoms with Crippen molar-refractivity contribution in [3.63, 3.8) is 0 Å². The summed E-state index contributed by atoms with van der Waals surface area (Å²) in [6.07, 6.45) is 0. The summed E-state index contributed by atoms with van der Waals surface area (Å²) in [4.78, 5) is 10.3. The molecule has 0 saturated carbocycles. The Kier molecular flexibility index (Phi) is 2.41. The van der Waals surface area contributed by atoms with Crippen LogP contribution in [0.3, 0.4) is 0 Å². The van der Waals surface area contributed by atoms with Gasteiger partial charge in [-0.05, 0) is 12.1 Å². The summed E-state index contributed by atoms with van der Waals surface area (Å²) < 4.78 is 0. The molecule has 0 aliphatic carbocycles. The third-order valence-electron chi connectivity index (χ3n) is 1.30. The molecule has 0 radical (unpaired) electrons. The first-order valence-corrected chi connectivity index (χ1v) is 3.43. The number of nitrogens with two attached hydrogens (primary N) is 1. The number of hydrogen-bond donors (Lipinski definition) is 3. The molecule has 0 unspecified atom stereocenters. The van der Waals surface area contributed by atoms with Gasteiger partial charge < -0.3 is 15.9 Å². The molecule has 1 rings (SSSR count). The molecule has 4 N–H and O–H groups in total. The van der Waals surface area contributed by atoms with Crippen LogP contribution >= 0.6 is 0 Å². The standard InChI is InChI=1S/C9H7NO3/c10-9(13)4-2-6-1-3-7(11)5-8(6)12/h1,3,5,11-12H,(H2,10,13). The van der Waals surface area contributed by atoms with Gasteiger partial charge in [-0.15, -0.1) is 0 Å². The zero-order valence-corrected chi connectivity index (χ0v) is 6.61. The van der Waals surface area contributed by atoms with Gasteiger partial charge in [0.05, 0.1) is 5.56 Å². The molecule has 0 aliphatic heterocycles. The minimum Gasteiger partial charge on any atom is -0.508 e. The SMILES string of the molecule is NC(=O)C#Cc1ccc(O)cc1O. The van der Waals surface area contributed by atoms with E-state index in [0.29, 0.717) is 0 Å². The zero-order valence-electron chi connectivity index (χ0n) is 6.61. The molecule has 0 atom stereocenters. The quantitative estimate of drug-likeness (QED) is 0.485. The maximum Gasteiger partial charge on any atom is 0.293 e. The summed E-state index contributed by atoms with van der Waals surface area (Å²) >= 11 is 0. The lowest BCUT2D eigenvalue weighted by Crippen LogP contribution is -2.06. The maximum atomic E-state index is 10.3. The Balaban J connectivity index is 3.05. The third-order valence-corrected chi connectivity index (χ3v) is 1.30. The van der Waals surface area contributed by atoms with Crippen molar-refractivity contribution >= 4 is 5.91 Å². The van der Waals surface area contributed by atoms with Crippen LogP contribution in [0.15, 0.2) is 18.2 Å². The Hall–Kier alpha value is -2.15. The number of primary amides is 1. The molecule has 0 spiro atoms. The number of carbonyl (C=O) groups excluding carboxylic acids is 1. The number of hydrogen-bond acceptors (Lipinski definition) is 3. The molecule has 0 bridgehead atoms. The van der Waals surface area contributed by atoms with Crippen molar-refractivity contribution in [1.82, 2.24) is 0 Å². The Morgan fingerprint density at radius 1 is 1.38 bits per heavy atom. The summed E-state index contributed by atoms with van der Waals surface area (Å²) in [7, 11) is 0. The highest BCUT2D eigenvalue weighted by molar-refractivity contribution is 5.92. The van der Waals surface area contributed by atoms with Crippen molar-refractivity contribution in [3.05, 3.63) is 23.8 Å². The summed E-state index contributed by atoms with van der Waals surface area (Å²) in [6, 6.07) is 3.87. The summed E-state index contributed by atoms with van der Waals surface area (Å²) in [5.41, 5.74) is 5.02. The Morgan fingerprint density at radius 3 is 2.62 bits per heavy atom. The van der Waals surface area contributed by atoms with Crippen LogP contribution in [0.25, 0.3) is 0 Å². The molecular formula is C9H7NO3. The van der Waals surface area contributed by atoms with Gasteiger partial charge in [0, 0.05) is 12.0 Å². The Bertz CT molecular complexity index is 401. The van der Waals surface area contributed by atoms with Crippen molar-refractivity contribution in [2.75, 3.05) is 0 Å². The van der Waals surface area contributed by atoms with Crippen LogP contribution in [0.1, 0.15) is 5.56 Å². The van der Waals surface area contributed by atoms with Crippen LogP contribution < -0.4 is 5.73 Å². The minimum absolute atomic E-state index is 0.0675. The van der Waals surface area contributed by atoms with E-state index >= 15 is 0 Å². The first kappa shape index (κ1) is 8.94. The van der Waals surface area contributed by atoms with Crippen molar-refractivity contribution in [2.45, 2.75) is 0 Å². The second-order valence-corrected chi connectivity index (χ2v) is 2.32. The van der Waals surface area contributed by atoms with Gasteiger partial charge in [0.1, 0.15) is 11.5 Å². The van der Waals surface area contributed by atoms with E-state index in [9.17, 15) is 9.90 Å². The number of aromatic hydroxyl groups is 2. The second kappa shape index (κ2) is 3.50. The van der Waals surface area contributed by atoms with Gasteiger partial charge in [0.25, 0.3) is 5.91 Å². The van der Waals surface area contributed by atoms with Crippen LogP contribution in [-0.2, 0) is 4.79 Å². The summed E-state index contributed by atoms with van der Waals surface area (Å²) in [5.74, 6) is 3.40. The highest BCUT2D eigenvalue weighted by Crippen LogP contribution is 2.21. The number of phenols is 2. The van der Waals surface area contributed by atoms with Gasteiger partial charge in [-0.3, -0.25) is 4.79 Å². The molecule has 0 heterocycles. The van der Waals surface area contributed by atoms with Crippen LogP contribution in [0.5, 0.6) is 11.5 Å². The largest absolute Gasteiger partial charge is 0.508 e. The van der Waals surface area contributed by atoms with Crippen molar-refractivity contribution in [2.24, 2.45) is 5.73 Å². The molecule has 0 aromatic heterocycles. The molecule has 1 aromatic rings. The molecule has 66 valence electrons. The fourth-order valence-corrected chi connectivity index (χ4v) is 0.755. The smallest absolute Gasteiger partial charge is 0.293 e. The van der Waals surface area contributed by atoms with Gasteiger partial charge in [0.15, 0.2) is 0 Å². The molecule has 0 aliphatic rings. The third kappa shape index (κ3) is 2.42. The first-order chi connectivity index (χ1) is 6.09. The number of amides is 1. The Morgan fingerprint density at radius 2 is 2.08 bits per heavy atom. The van der Waals surface area contributed by atoms with E-state index in [1.54, 1.807) is 0 Å². The van der Waals surface area contributed by atoms with Crippen LogP contribution in [0.2, 0.25) is 0 Å². The van der Waals surface area contributed by atoms with Crippen LogP contribution in [0, 0.1) is 11.8 Å². The van der Waals surface area contributed by atoms with E-state index in [4.69, 9.17) is 10.8 Å². The molecule has 4 nitrogen and oxygen atoms in total. The Labute approximate surface area is 74.6 Å². The lowest BCUT2D eigenvalue weighted by Gasteiger charge is -1.96. The fraction of sp³-hybridized carbons (Fsp3) is 0. The van der Waals surface area contributed by atoms with Crippen molar-refractivity contribution < 1.29 is 15.0 Å². The summed E-state index contributed by atoms with van der Waals surface area (Å²) in [5, 5.41) is 18.1. The summed E-state index contributed by atoms with van der Waals surface area (Å²) in [6.45, 7) is 0. The molecular weight excluding hydrogens is 170 g/mol. The lowest BCUT2D eigenvalue weighted by molar-refractivity contribution is -0.112. The van der Waals surface area contributed by atoms with E-state index in [-0.39, 0.29) is 17.1 Å². The average molecular weight is 177 g/mol. The second-order valence-electron chi connectivity index (χ2n) is 2.32. The van der Waals surface area contributed by atoms with Gasteiger partial charge in [0.2, 0.25) is 0 Å². The van der Waals surface area contributed by atoms with Gasteiger partial charge in [-0.1, -0.05) is 5.92 Å². The topological polar surface area (TPSA) is 83.6 Å². The zero-order chi connectivity index (χ0) is 9.84. The van der Waals surface area contributed by atoms with E-state index in [2.05, 4.69) is 11.8 Å². The molecule has 1 amide bonds. The van der Waals surface area contributed by atoms with Crippen LogP contribution in [0.4, 0.5) is 0 Å². The lowest BCUT2D eigenvalue weighted by atomic mass is 10.2. The first-order valence-electron chi connectivity index (χ1n) is 3.43. The van der Waals surface area contributed by atoms with E-state index in [1.807, 2.05) is 0 Å². The highest BCUT2D eigenvalue weighted by atomic mass is 16.3. The highest BCUT2D eigenvalue weighted by Gasteiger charge is 1.98. The number of rotatable bonds is 0. The molecule has 1 aromatic carbocycles. The fourth-order valence-electron chi connectivity index (χ4n) is 0.755. The van der Waals surface area contributed by atoms with E-state index in [0.717, 1.165) is 6.07 Å².